The number of carbonyl (C=O) groups is 2. The topological polar surface area (TPSA) is 74.4 Å². The van der Waals surface area contributed by atoms with Crippen molar-refractivity contribution in [1.82, 2.24) is 9.88 Å². The van der Waals surface area contributed by atoms with E-state index in [1.807, 2.05) is 76.2 Å². The number of rotatable bonds is 7. The molecule has 0 fully saturated rings. The van der Waals surface area contributed by atoms with E-state index in [4.69, 9.17) is 4.74 Å². The Morgan fingerprint density at radius 3 is 2.41 bits per heavy atom. The molecule has 32 heavy (non-hydrogen) atoms. The van der Waals surface area contributed by atoms with E-state index >= 15 is 0 Å². The number of aryl methyl sites for hydroxylation is 3. The molecule has 3 aromatic rings. The van der Waals surface area contributed by atoms with Gasteiger partial charge in [0, 0.05) is 23.6 Å². The average molecular weight is 434 g/mol. The summed E-state index contributed by atoms with van der Waals surface area (Å²) in [4.78, 5) is 30.7. The summed E-state index contributed by atoms with van der Waals surface area (Å²) in [5.74, 6) is -0.348. The summed E-state index contributed by atoms with van der Waals surface area (Å²) < 4.78 is 5.20. The molecular formula is C26H31N3O3. The molecule has 2 amide bonds. The van der Waals surface area contributed by atoms with Gasteiger partial charge in [0.1, 0.15) is 0 Å². The zero-order chi connectivity index (χ0) is 23.3. The van der Waals surface area contributed by atoms with Gasteiger partial charge in [-0.05, 0) is 62.9 Å². The number of benzene rings is 2. The lowest BCUT2D eigenvalue weighted by atomic mass is 10.1. The lowest BCUT2D eigenvalue weighted by Gasteiger charge is -2.24. The minimum atomic E-state index is -0.348. The molecule has 168 valence electrons. The van der Waals surface area contributed by atoms with Crippen LogP contribution in [0.3, 0.4) is 0 Å². The van der Waals surface area contributed by atoms with Crippen molar-refractivity contribution in [2.24, 2.45) is 0 Å². The molecule has 0 spiro atoms. The normalized spacial score (nSPS) is 10.7. The van der Waals surface area contributed by atoms with Gasteiger partial charge < -0.3 is 19.9 Å². The Morgan fingerprint density at radius 2 is 1.72 bits per heavy atom. The number of esters is 1. The molecule has 0 aliphatic carbocycles. The Labute approximate surface area is 189 Å². The fourth-order valence-electron chi connectivity index (χ4n) is 3.74. The van der Waals surface area contributed by atoms with E-state index in [2.05, 4.69) is 10.3 Å². The molecule has 6 nitrogen and oxygen atoms in total. The number of nitrogens with one attached hydrogen (secondary N) is 2. The molecule has 1 aromatic heterocycles. The largest absolute Gasteiger partial charge is 0.462 e. The smallest absolute Gasteiger partial charge is 0.340 e. The summed E-state index contributed by atoms with van der Waals surface area (Å²) in [6, 6.07) is 15.6. The number of aromatic amines is 1. The number of hydrogen-bond donors (Lipinski definition) is 2. The number of amides is 2. The van der Waals surface area contributed by atoms with Crippen LogP contribution < -0.4 is 5.32 Å². The van der Waals surface area contributed by atoms with Gasteiger partial charge in [-0.2, -0.15) is 0 Å². The maximum Gasteiger partial charge on any atom is 0.340 e. The highest BCUT2D eigenvalue weighted by Gasteiger charge is 2.23. The van der Waals surface area contributed by atoms with Gasteiger partial charge in [-0.1, -0.05) is 42.5 Å². The fourth-order valence-corrected chi connectivity index (χ4v) is 3.74. The molecule has 0 radical (unpaired) electrons. The van der Waals surface area contributed by atoms with Crippen LogP contribution in [0.15, 0.2) is 48.5 Å². The molecule has 0 saturated heterocycles. The first-order valence-electron chi connectivity index (χ1n) is 10.8. The molecular weight excluding hydrogens is 402 g/mol. The minimum absolute atomic E-state index is 0.202. The van der Waals surface area contributed by atoms with Gasteiger partial charge in [-0.15, -0.1) is 0 Å². The van der Waals surface area contributed by atoms with Gasteiger partial charge in [0.25, 0.3) is 0 Å². The Bertz CT molecular complexity index is 1100. The van der Waals surface area contributed by atoms with Crippen LogP contribution in [0.4, 0.5) is 10.5 Å². The highest BCUT2D eigenvalue weighted by Crippen LogP contribution is 2.23. The van der Waals surface area contributed by atoms with Gasteiger partial charge in [-0.25, -0.2) is 9.59 Å². The third kappa shape index (κ3) is 5.38. The van der Waals surface area contributed by atoms with Crippen molar-refractivity contribution in [2.45, 2.75) is 47.7 Å². The summed E-state index contributed by atoms with van der Waals surface area (Å²) in [5.41, 5.74) is 6.79. The Morgan fingerprint density at radius 1 is 1.00 bits per heavy atom. The van der Waals surface area contributed by atoms with Gasteiger partial charge in [0.05, 0.1) is 18.7 Å². The second kappa shape index (κ2) is 10.2. The van der Waals surface area contributed by atoms with Crippen LogP contribution >= 0.6 is 0 Å². The number of anilines is 1. The number of H-pyrrole nitrogens is 1. The summed E-state index contributed by atoms with van der Waals surface area (Å²) in [7, 11) is 0. The monoisotopic (exact) mass is 433 g/mol. The highest BCUT2D eigenvalue weighted by molar-refractivity contribution is 5.93. The number of urea groups is 1. The molecule has 0 aliphatic rings. The summed E-state index contributed by atoms with van der Waals surface area (Å²) >= 11 is 0. The minimum Gasteiger partial charge on any atom is -0.462 e. The van der Waals surface area contributed by atoms with Crippen molar-refractivity contribution in [3.05, 3.63) is 87.7 Å². The van der Waals surface area contributed by atoms with Crippen molar-refractivity contribution in [3.8, 4) is 0 Å². The predicted octanol–water partition coefficient (Wildman–Crippen LogP) is 5.66. The lowest BCUT2D eigenvalue weighted by molar-refractivity contribution is 0.0525. The first-order valence-corrected chi connectivity index (χ1v) is 10.8. The van der Waals surface area contributed by atoms with E-state index in [1.165, 1.54) is 0 Å². The van der Waals surface area contributed by atoms with Crippen LogP contribution in [-0.2, 0) is 17.8 Å². The van der Waals surface area contributed by atoms with Crippen LogP contribution in [-0.4, -0.2) is 28.5 Å². The first-order chi connectivity index (χ1) is 15.3. The molecule has 2 aromatic carbocycles. The second-order valence-electron chi connectivity index (χ2n) is 8.04. The van der Waals surface area contributed by atoms with Crippen LogP contribution in [0.1, 0.15) is 50.9 Å². The number of ether oxygens (including phenoxy) is 1. The number of hydrogen-bond acceptors (Lipinski definition) is 3. The van der Waals surface area contributed by atoms with E-state index in [9.17, 15) is 9.59 Å². The molecule has 0 bridgehead atoms. The van der Waals surface area contributed by atoms with E-state index in [0.29, 0.717) is 25.3 Å². The summed E-state index contributed by atoms with van der Waals surface area (Å²) in [6.07, 6.45) is 0. The van der Waals surface area contributed by atoms with Gasteiger partial charge in [0.2, 0.25) is 0 Å². The van der Waals surface area contributed by atoms with Gasteiger partial charge >= 0.3 is 12.0 Å². The molecule has 3 rings (SSSR count). The molecule has 1 heterocycles. The van der Waals surface area contributed by atoms with E-state index in [-0.39, 0.29) is 12.0 Å². The maximum atomic E-state index is 13.3. The van der Waals surface area contributed by atoms with Crippen molar-refractivity contribution < 1.29 is 14.3 Å². The standard InChI is InChI=1S/C26H31N3O3/c1-6-32-25(30)24-19(4)23(27-20(24)5)16-29(15-21-10-8-7-9-11-21)26(31)28-22-14-17(2)12-13-18(22)3/h7-14,27H,6,15-16H2,1-5H3,(H,28,31). The van der Waals surface area contributed by atoms with Gasteiger partial charge in [0.15, 0.2) is 0 Å². The third-order valence-electron chi connectivity index (χ3n) is 5.51. The molecule has 0 atom stereocenters. The number of aromatic nitrogens is 1. The Kier molecular flexibility index (Phi) is 7.36. The van der Waals surface area contributed by atoms with Crippen molar-refractivity contribution in [3.63, 3.8) is 0 Å². The molecule has 0 unspecified atom stereocenters. The zero-order valence-corrected chi connectivity index (χ0v) is 19.4. The zero-order valence-electron chi connectivity index (χ0n) is 19.4. The van der Waals surface area contributed by atoms with E-state index in [1.54, 1.807) is 11.8 Å². The quantitative estimate of drug-likeness (QED) is 0.472. The molecule has 6 heteroatoms. The van der Waals surface area contributed by atoms with Crippen LogP contribution in [0.5, 0.6) is 0 Å². The Hall–Kier alpha value is -3.54. The number of carbonyl (C=O) groups excluding carboxylic acids is 2. The predicted molar refractivity (Wildman–Crippen MR) is 127 cm³/mol. The van der Waals surface area contributed by atoms with Crippen LogP contribution in [0.2, 0.25) is 0 Å². The van der Waals surface area contributed by atoms with Crippen molar-refractivity contribution >= 4 is 17.7 Å². The van der Waals surface area contributed by atoms with Crippen LogP contribution in [0.25, 0.3) is 0 Å². The van der Waals surface area contributed by atoms with E-state index < -0.39 is 0 Å². The Balaban J connectivity index is 1.90. The SMILES string of the molecule is CCOC(=O)c1c(C)[nH]c(CN(Cc2ccccc2)C(=O)Nc2cc(C)ccc2C)c1C. The highest BCUT2D eigenvalue weighted by atomic mass is 16.5. The van der Waals surface area contributed by atoms with Crippen LogP contribution in [0, 0.1) is 27.7 Å². The fraction of sp³-hybridized carbons (Fsp3) is 0.308. The average Bonchev–Trinajstić information content (AvgIpc) is 3.04. The lowest BCUT2D eigenvalue weighted by Crippen LogP contribution is -2.34. The first kappa shape index (κ1) is 23.1. The molecule has 2 N–H and O–H groups in total. The summed E-state index contributed by atoms with van der Waals surface area (Å²) in [6.45, 7) is 10.6. The van der Waals surface area contributed by atoms with Gasteiger partial charge in [-0.3, -0.25) is 0 Å². The second-order valence-corrected chi connectivity index (χ2v) is 8.04. The molecule has 0 aliphatic heterocycles. The van der Waals surface area contributed by atoms with Crippen molar-refractivity contribution in [2.75, 3.05) is 11.9 Å². The molecule has 0 saturated carbocycles. The third-order valence-corrected chi connectivity index (χ3v) is 5.51. The number of nitrogens with zero attached hydrogens (tertiary/aromatic N) is 1. The summed E-state index contributed by atoms with van der Waals surface area (Å²) in [5, 5.41) is 3.06. The van der Waals surface area contributed by atoms with Crippen molar-refractivity contribution in [1.29, 1.82) is 0 Å². The van der Waals surface area contributed by atoms with E-state index in [0.717, 1.165) is 39.3 Å². The maximum absolute atomic E-state index is 13.3.